The number of benzene rings is 2. The lowest BCUT2D eigenvalue weighted by atomic mass is 10.2. The molecule has 0 saturated carbocycles. The Balaban J connectivity index is 1.48. The molecule has 182 valence electrons. The molecule has 1 amide bonds. The summed E-state index contributed by atoms with van der Waals surface area (Å²) in [5.41, 5.74) is 1.97. The van der Waals surface area contributed by atoms with E-state index in [1.165, 1.54) is 35.2 Å². The molecule has 12 heteroatoms. The van der Waals surface area contributed by atoms with Gasteiger partial charge >= 0.3 is 0 Å². The van der Waals surface area contributed by atoms with Crippen molar-refractivity contribution in [2.45, 2.75) is 16.3 Å². The molecule has 0 bridgehead atoms. The van der Waals surface area contributed by atoms with E-state index in [1.807, 2.05) is 53.9 Å². The second kappa shape index (κ2) is 8.82. The molecule has 1 spiro atoms. The number of allylic oxidation sites excluding steroid dienone is 1. The van der Waals surface area contributed by atoms with Crippen LogP contribution < -0.4 is 9.91 Å². The van der Waals surface area contributed by atoms with Crippen molar-refractivity contribution in [2.75, 3.05) is 15.7 Å². The number of amides is 1. The van der Waals surface area contributed by atoms with Crippen molar-refractivity contribution in [3.05, 3.63) is 77.0 Å². The van der Waals surface area contributed by atoms with Crippen LogP contribution in [0.25, 0.3) is 16.3 Å². The van der Waals surface area contributed by atoms with E-state index in [0.29, 0.717) is 17.2 Å². The summed E-state index contributed by atoms with van der Waals surface area (Å²) < 4.78 is 34.3. The van der Waals surface area contributed by atoms with Crippen LogP contribution in [0, 0.1) is 0 Å². The first-order chi connectivity index (χ1) is 17.3. The first-order valence-electron chi connectivity index (χ1n) is 10.8. The molecule has 1 atom stereocenters. The first kappa shape index (κ1) is 23.4. The van der Waals surface area contributed by atoms with Crippen molar-refractivity contribution in [1.29, 1.82) is 0 Å². The molecule has 36 heavy (non-hydrogen) atoms. The minimum absolute atomic E-state index is 0.103. The Morgan fingerprint density at radius 3 is 2.69 bits per heavy atom. The van der Waals surface area contributed by atoms with E-state index in [4.69, 9.17) is 10.1 Å². The summed E-state index contributed by atoms with van der Waals surface area (Å²) >= 11 is 4.46. The molecule has 6 rings (SSSR count). The predicted molar refractivity (Wildman–Crippen MR) is 146 cm³/mol. The van der Waals surface area contributed by atoms with E-state index >= 15 is 0 Å². The molecule has 1 saturated heterocycles. The summed E-state index contributed by atoms with van der Waals surface area (Å²) in [6.45, 7) is 0. The monoisotopic (exact) mass is 554 g/mol. The van der Waals surface area contributed by atoms with Gasteiger partial charge in [-0.3, -0.25) is 14.2 Å². The van der Waals surface area contributed by atoms with Crippen LogP contribution in [0.2, 0.25) is 0 Å². The van der Waals surface area contributed by atoms with Gasteiger partial charge in [-0.2, -0.15) is 13.5 Å². The number of thioether (sulfide) groups is 1. The number of para-hydroxylation sites is 1. The normalized spacial score (nSPS) is 20.4. The minimum atomic E-state index is -4.42. The average molecular weight is 555 g/mol. The van der Waals surface area contributed by atoms with Crippen LogP contribution in [-0.4, -0.2) is 40.3 Å². The van der Waals surface area contributed by atoms with Gasteiger partial charge in [-0.15, -0.1) is 11.3 Å². The molecule has 2 aromatic heterocycles. The van der Waals surface area contributed by atoms with Crippen LogP contribution in [0.4, 0.5) is 10.8 Å². The van der Waals surface area contributed by atoms with Crippen LogP contribution >= 0.6 is 34.4 Å². The number of carbonyl (C=O) groups is 1. The summed E-state index contributed by atoms with van der Waals surface area (Å²) in [6, 6.07) is 17.6. The Kier molecular flexibility index (Phi) is 5.73. The van der Waals surface area contributed by atoms with Crippen molar-refractivity contribution in [1.82, 2.24) is 4.98 Å². The standard InChI is InChI=1S/C24H18N4O4S4/c29-22-15-34-24(27(22)23-25-20-8-1-2-9-21(20)35-23)14-16(10-11-18-6-4-12-33-18)26-28(24)17-5-3-7-19(13-17)36(30,31)32/h1-13H,14-15H2,(H,30,31,32)/b11-10+. The number of thiophene rings is 1. The lowest BCUT2D eigenvalue weighted by Gasteiger charge is -2.39. The highest BCUT2D eigenvalue weighted by atomic mass is 32.2. The molecule has 1 N–H and O–H groups in total. The molecular formula is C24H18N4O4S4. The Morgan fingerprint density at radius 2 is 1.92 bits per heavy atom. The fourth-order valence-corrected chi connectivity index (χ4v) is 7.81. The maximum absolute atomic E-state index is 13.3. The van der Waals surface area contributed by atoms with Crippen LogP contribution in [0.1, 0.15) is 11.3 Å². The number of anilines is 2. The van der Waals surface area contributed by atoms with Crippen molar-refractivity contribution in [3.63, 3.8) is 0 Å². The molecule has 2 aliphatic heterocycles. The fourth-order valence-electron chi connectivity index (χ4n) is 4.24. The summed E-state index contributed by atoms with van der Waals surface area (Å²) in [7, 11) is -4.42. The zero-order valence-corrected chi connectivity index (χ0v) is 21.8. The molecule has 0 aliphatic carbocycles. The predicted octanol–water partition coefficient (Wildman–Crippen LogP) is 5.32. The second-order valence-corrected chi connectivity index (χ2v) is 12.8. The van der Waals surface area contributed by atoms with Gasteiger partial charge < -0.3 is 0 Å². The highest BCUT2D eigenvalue weighted by Gasteiger charge is 2.56. The third-order valence-electron chi connectivity index (χ3n) is 5.81. The van der Waals surface area contributed by atoms with Gasteiger partial charge in [0.05, 0.1) is 32.3 Å². The van der Waals surface area contributed by atoms with E-state index in [0.717, 1.165) is 20.8 Å². The molecule has 8 nitrogen and oxygen atoms in total. The summed E-state index contributed by atoms with van der Waals surface area (Å²) in [5.74, 6) is 0.121. The zero-order chi connectivity index (χ0) is 24.9. The smallest absolute Gasteiger partial charge is 0.282 e. The van der Waals surface area contributed by atoms with Crippen LogP contribution in [-0.2, 0) is 14.9 Å². The molecule has 4 aromatic rings. The van der Waals surface area contributed by atoms with Crippen molar-refractivity contribution >= 4 is 83.3 Å². The number of hydrazone groups is 1. The molecule has 0 radical (unpaired) electrons. The maximum atomic E-state index is 13.3. The second-order valence-electron chi connectivity index (χ2n) is 8.13. The molecule has 2 aliphatic rings. The van der Waals surface area contributed by atoms with Crippen LogP contribution in [0.15, 0.2) is 82.1 Å². The zero-order valence-electron chi connectivity index (χ0n) is 18.5. The van der Waals surface area contributed by atoms with Crippen molar-refractivity contribution < 1.29 is 17.8 Å². The highest BCUT2D eigenvalue weighted by Crippen LogP contribution is 2.51. The topological polar surface area (TPSA) is 103 Å². The highest BCUT2D eigenvalue weighted by molar-refractivity contribution is 8.02. The van der Waals surface area contributed by atoms with Crippen molar-refractivity contribution in [3.8, 4) is 0 Å². The van der Waals surface area contributed by atoms with Crippen molar-refractivity contribution in [2.24, 2.45) is 5.10 Å². The summed E-state index contributed by atoms with van der Waals surface area (Å²) in [6.07, 6.45) is 4.29. The Labute approximate surface area is 219 Å². The number of rotatable bonds is 5. The largest absolute Gasteiger partial charge is 0.294 e. The molecule has 1 unspecified atom stereocenters. The number of nitrogens with zero attached hydrogens (tertiary/aromatic N) is 4. The minimum Gasteiger partial charge on any atom is -0.282 e. The quantitative estimate of drug-likeness (QED) is 0.333. The number of thiazole rings is 1. The van der Waals surface area contributed by atoms with Gasteiger partial charge in [0.15, 0.2) is 10.1 Å². The van der Waals surface area contributed by atoms with Crippen LogP contribution in [0.5, 0.6) is 0 Å². The van der Waals surface area contributed by atoms with Gasteiger partial charge in [-0.05, 0) is 53.9 Å². The SMILES string of the molecule is O=C1CSC2(CC(/C=C/c3cccs3)=NN2c2cccc(S(=O)(=O)O)c2)N1c1nc2ccccc2s1. The average Bonchev–Trinajstić information content (AvgIpc) is 3.64. The molecular weight excluding hydrogens is 537 g/mol. The van der Waals surface area contributed by atoms with E-state index in [9.17, 15) is 17.8 Å². The molecule has 2 aromatic carbocycles. The van der Waals surface area contributed by atoms with E-state index in [1.54, 1.807) is 33.4 Å². The third kappa shape index (κ3) is 4.04. The summed E-state index contributed by atoms with van der Waals surface area (Å²) in [5, 5.41) is 9.06. The summed E-state index contributed by atoms with van der Waals surface area (Å²) in [4.78, 5) is 19.6. The number of hydrogen-bond donors (Lipinski definition) is 1. The Hall–Kier alpha value is -3.03. The van der Waals surface area contributed by atoms with Crippen LogP contribution in [0.3, 0.4) is 0 Å². The third-order valence-corrected chi connectivity index (χ3v) is 9.88. The van der Waals surface area contributed by atoms with E-state index in [-0.39, 0.29) is 16.6 Å². The Bertz CT molecular complexity index is 1610. The van der Waals surface area contributed by atoms with Gasteiger partial charge in [0.25, 0.3) is 10.1 Å². The lowest BCUT2D eigenvalue weighted by molar-refractivity contribution is -0.116. The number of aromatic nitrogens is 1. The number of hydrogen-bond acceptors (Lipinski definition) is 9. The first-order valence-corrected chi connectivity index (χ1v) is 15.0. The van der Waals surface area contributed by atoms with Gasteiger partial charge in [0.2, 0.25) is 5.91 Å². The number of fused-ring (bicyclic) bond motifs is 1. The maximum Gasteiger partial charge on any atom is 0.294 e. The van der Waals surface area contributed by atoms with E-state index in [2.05, 4.69) is 0 Å². The van der Waals surface area contributed by atoms with Gasteiger partial charge in [-0.1, -0.05) is 47.4 Å². The fraction of sp³-hybridized carbons (Fsp3) is 0.125. The number of carbonyl (C=O) groups excluding carboxylic acids is 1. The lowest BCUT2D eigenvalue weighted by Crippen LogP contribution is -2.53. The van der Waals surface area contributed by atoms with E-state index < -0.39 is 15.1 Å². The van der Waals surface area contributed by atoms with Gasteiger partial charge in [-0.25, -0.2) is 9.99 Å². The molecule has 1 fully saturated rings. The van der Waals surface area contributed by atoms with Gasteiger partial charge in [0.1, 0.15) is 0 Å². The van der Waals surface area contributed by atoms with Gasteiger partial charge in [0, 0.05) is 11.3 Å². The molecule has 4 heterocycles. The Morgan fingerprint density at radius 1 is 1.06 bits per heavy atom.